The standard InChI is InChI=1S/C9H8BrClO2/c1-2-13-8-4-3-6(10)5-7(8)9(11)12/h3-5H,2H2,1H3. The highest BCUT2D eigenvalue weighted by Gasteiger charge is 2.09. The number of hydrogen-bond donors (Lipinski definition) is 0. The Kier molecular flexibility index (Phi) is 3.75. The van der Waals surface area contributed by atoms with Crippen LogP contribution in [-0.2, 0) is 0 Å². The topological polar surface area (TPSA) is 26.3 Å². The van der Waals surface area contributed by atoms with Gasteiger partial charge in [0.1, 0.15) is 5.75 Å². The van der Waals surface area contributed by atoms with E-state index in [1.165, 1.54) is 0 Å². The van der Waals surface area contributed by atoms with Gasteiger partial charge in [-0.15, -0.1) is 0 Å². The molecule has 0 bridgehead atoms. The molecule has 4 heteroatoms. The molecule has 0 aliphatic carbocycles. The van der Waals surface area contributed by atoms with Crippen LogP contribution in [0.1, 0.15) is 17.3 Å². The molecule has 1 aromatic carbocycles. The summed E-state index contributed by atoms with van der Waals surface area (Å²) in [6.07, 6.45) is 0. The average Bonchev–Trinajstić information content (AvgIpc) is 2.08. The van der Waals surface area contributed by atoms with Crippen molar-refractivity contribution < 1.29 is 9.53 Å². The first-order valence-corrected chi connectivity index (χ1v) is 4.94. The van der Waals surface area contributed by atoms with E-state index >= 15 is 0 Å². The van der Waals surface area contributed by atoms with Gasteiger partial charge in [0, 0.05) is 4.47 Å². The Labute approximate surface area is 90.0 Å². The molecule has 0 spiro atoms. The fourth-order valence-corrected chi connectivity index (χ4v) is 1.45. The van der Waals surface area contributed by atoms with Gasteiger partial charge in [0.25, 0.3) is 5.24 Å². The smallest absolute Gasteiger partial charge is 0.256 e. The third-order valence-electron chi connectivity index (χ3n) is 1.45. The molecule has 0 aromatic heterocycles. The number of rotatable bonds is 3. The molecule has 1 rings (SSSR count). The first kappa shape index (κ1) is 10.5. The molecule has 2 nitrogen and oxygen atoms in total. The highest BCUT2D eigenvalue weighted by molar-refractivity contribution is 9.10. The van der Waals surface area contributed by atoms with Gasteiger partial charge in [-0.1, -0.05) is 15.9 Å². The quantitative estimate of drug-likeness (QED) is 0.783. The monoisotopic (exact) mass is 262 g/mol. The van der Waals surface area contributed by atoms with Gasteiger partial charge in [-0.05, 0) is 36.7 Å². The molecule has 0 aliphatic rings. The normalized spacial score (nSPS) is 9.77. The zero-order chi connectivity index (χ0) is 9.84. The van der Waals surface area contributed by atoms with E-state index in [0.29, 0.717) is 17.9 Å². The van der Waals surface area contributed by atoms with Crippen LogP contribution >= 0.6 is 27.5 Å². The van der Waals surface area contributed by atoms with Crippen molar-refractivity contribution >= 4 is 32.8 Å². The van der Waals surface area contributed by atoms with Gasteiger partial charge in [-0.25, -0.2) is 0 Å². The van der Waals surface area contributed by atoms with Crippen molar-refractivity contribution in [1.29, 1.82) is 0 Å². The second-order valence-electron chi connectivity index (χ2n) is 2.35. The molecule has 0 atom stereocenters. The average molecular weight is 264 g/mol. The molecule has 0 aliphatic heterocycles. The van der Waals surface area contributed by atoms with E-state index in [-0.39, 0.29) is 0 Å². The molecule has 0 N–H and O–H groups in total. The lowest BCUT2D eigenvalue weighted by atomic mass is 10.2. The predicted molar refractivity (Wildman–Crippen MR) is 55.5 cm³/mol. The predicted octanol–water partition coefficient (Wildman–Crippen LogP) is 3.23. The summed E-state index contributed by atoms with van der Waals surface area (Å²) in [5.41, 5.74) is 0.387. The minimum absolute atomic E-state index is 0.387. The van der Waals surface area contributed by atoms with E-state index in [2.05, 4.69) is 15.9 Å². The molecule has 0 saturated heterocycles. The van der Waals surface area contributed by atoms with Crippen LogP contribution < -0.4 is 4.74 Å². The molecule has 0 radical (unpaired) electrons. The molecule has 1 aromatic rings. The van der Waals surface area contributed by atoms with Crippen LogP contribution in [0.2, 0.25) is 0 Å². The van der Waals surface area contributed by atoms with Gasteiger partial charge in [0.2, 0.25) is 0 Å². The summed E-state index contributed by atoms with van der Waals surface area (Å²) in [6.45, 7) is 2.36. The van der Waals surface area contributed by atoms with Crippen molar-refractivity contribution in [3.05, 3.63) is 28.2 Å². The third-order valence-corrected chi connectivity index (χ3v) is 2.15. The van der Waals surface area contributed by atoms with E-state index in [1.54, 1.807) is 18.2 Å². The van der Waals surface area contributed by atoms with Crippen molar-refractivity contribution in [2.24, 2.45) is 0 Å². The minimum Gasteiger partial charge on any atom is -0.493 e. The van der Waals surface area contributed by atoms with Crippen LogP contribution in [0.4, 0.5) is 0 Å². The Morgan fingerprint density at radius 3 is 2.85 bits per heavy atom. The summed E-state index contributed by atoms with van der Waals surface area (Å²) in [5.74, 6) is 0.519. The summed E-state index contributed by atoms with van der Waals surface area (Å²) in [4.78, 5) is 11.0. The molecule has 0 unspecified atom stereocenters. The fourth-order valence-electron chi connectivity index (χ4n) is 0.937. The number of ether oxygens (including phenoxy) is 1. The third kappa shape index (κ3) is 2.71. The largest absolute Gasteiger partial charge is 0.493 e. The number of hydrogen-bond acceptors (Lipinski definition) is 2. The molecule has 0 heterocycles. The van der Waals surface area contributed by atoms with Crippen LogP contribution in [0, 0.1) is 0 Å². The number of carbonyl (C=O) groups is 1. The Hall–Kier alpha value is -0.540. The van der Waals surface area contributed by atoms with Crippen molar-refractivity contribution in [2.45, 2.75) is 6.92 Å². The van der Waals surface area contributed by atoms with Gasteiger partial charge in [-0.2, -0.15) is 0 Å². The van der Waals surface area contributed by atoms with Gasteiger partial charge in [0.05, 0.1) is 12.2 Å². The van der Waals surface area contributed by atoms with Crippen LogP contribution in [-0.4, -0.2) is 11.8 Å². The maximum atomic E-state index is 11.0. The van der Waals surface area contributed by atoms with Gasteiger partial charge in [-0.3, -0.25) is 4.79 Å². The summed E-state index contributed by atoms with van der Waals surface area (Å²) < 4.78 is 6.03. The first-order valence-electron chi connectivity index (χ1n) is 3.77. The van der Waals surface area contributed by atoms with Crippen LogP contribution in [0.5, 0.6) is 5.75 Å². The lowest BCUT2D eigenvalue weighted by Gasteiger charge is -2.06. The molecule has 0 saturated carbocycles. The zero-order valence-corrected chi connectivity index (χ0v) is 9.35. The number of carbonyl (C=O) groups excluding carboxylic acids is 1. The summed E-state index contributed by atoms with van der Waals surface area (Å²) in [6, 6.07) is 5.15. The summed E-state index contributed by atoms with van der Waals surface area (Å²) >= 11 is 8.63. The summed E-state index contributed by atoms with van der Waals surface area (Å²) in [7, 11) is 0. The number of halogens is 2. The van der Waals surface area contributed by atoms with E-state index in [0.717, 1.165) is 4.47 Å². The van der Waals surface area contributed by atoms with Gasteiger partial charge in [0.15, 0.2) is 0 Å². The molecule has 13 heavy (non-hydrogen) atoms. The highest BCUT2D eigenvalue weighted by Crippen LogP contribution is 2.24. The second-order valence-corrected chi connectivity index (χ2v) is 3.61. The van der Waals surface area contributed by atoms with Crippen LogP contribution in [0.25, 0.3) is 0 Å². The Morgan fingerprint density at radius 2 is 2.31 bits per heavy atom. The minimum atomic E-state index is -0.509. The maximum absolute atomic E-state index is 11.0. The SMILES string of the molecule is CCOc1ccc(Br)cc1C(=O)Cl. The molecule has 0 fully saturated rings. The Bertz CT molecular complexity index is 325. The fraction of sp³-hybridized carbons (Fsp3) is 0.222. The van der Waals surface area contributed by atoms with E-state index < -0.39 is 5.24 Å². The van der Waals surface area contributed by atoms with Crippen LogP contribution in [0.3, 0.4) is 0 Å². The zero-order valence-electron chi connectivity index (χ0n) is 7.01. The first-order chi connectivity index (χ1) is 6.15. The van der Waals surface area contributed by atoms with Crippen molar-refractivity contribution in [3.63, 3.8) is 0 Å². The Morgan fingerprint density at radius 1 is 1.62 bits per heavy atom. The Balaban J connectivity index is 3.10. The summed E-state index contributed by atoms with van der Waals surface area (Å²) in [5, 5.41) is -0.509. The molecule has 70 valence electrons. The van der Waals surface area contributed by atoms with Crippen molar-refractivity contribution in [1.82, 2.24) is 0 Å². The maximum Gasteiger partial charge on any atom is 0.256 e. The molecular formula is C9H8BrClO2. The lowest BCUT2D eigenvalue weighted by Crippen LogP contribution is -1.98. The number of benzene rings is 1. The van der Waals surface area contributed by atoms with Crippen molar-refractivity contribution in [2.75, 3.05) is 6.61 Å². The van der Waals surface area contributed by atoms with E-state index in [9.17, 15) is 4.79 Å². The van der Waals surface area contributed by atoms with Gasteiger partial charge < -0.3 is 4.74 Å². The van der Waals surface area contributed by atoms with Gasteiger partial charge >= 0.3 is 0 Å². The lowest BCUT2D eigenvalue weighted by molar-refractivity contribution is 0.107. The van der Waals surface area contributed by atoms with E-state index in [4.69, 9.17) is 16.3 Å². The van der Waals surface area contributed by atoms with Crippen molar-refractivity contribution in [3.8, 4) is 5.75 Å². The highest BCUT2D eigenvalue weighted by atomic mass is 79.9. The van der Waals surface area contributed by atoms with Crippen LogP contribution in [0.15, 0.2) is 22.7 Å². The second kappa shape index (κ2) is 4.63. The van der Waals surface area contributed by atoms with E-state index in [1.807, 2.05) is 6.92 Å². The molecule has 0 amide bonds. The molecular weight excluding hydrogens is 255 g/mol.